The highest BCUT2D eigenvalue weighted by Gasteiger charge is 2.29. The molecule has 1 aromatic carbocycles. The summed E-state index contributed by atoms with van der Waals surface area (Å²) in [6, 6.07) is 3.42. The van der Waals surface area contributed by atoms with Gasteiger partial charge in [0.05, 0.1) is 0 Å². The molecule has 0 saturated carbocycles. The van der Waals surface area contributed by atoms with Crippen molar-refractivity contribution in [2.45, 2.75) is 15.6 Å². The van der Waals surface area contributed by atoms with Gasteiger partial charge in [0, 0.05) is 15.6 Å². The Morgan fingerprint density at radius 3 is 2.56 bits per heavy atom. The van der Waals surface area contributed by atoms with Crippen LogP contribution in [0.3, 0.4) is 0 Å². The standard InChI is InChI=1S/C8H3ClF3NO3S2/c9-18(14,15)7-13-5-3-4(17-8(10,11)12)1-2-6(5)16-7/h1-3H. The van der Waals surface area contributed by atoms with Gasteiger partial charge in [0.1, 0.15) is 5.52 Å². The van der Waals surface area contributed by atoms with Gasteiger partial charge in [-0.2, -0.15) is 18.2 Å². The molecule has 0 N–H and O–H groups in total. The van der Waals surface area contributed by atoms with Crippen molar-refractivity contribution < 1.29 is 26.0 Å². The van der Waals surface area contributed by atoms with E-state index in [2.05, 4.69) is 4.98 Å². The lowest BCUT2D eigenvalue weighted by molar-refractivity contribution is -0.0328. The summed E-state index contributed by atoms with van der Waals surface area (Å²) in [5, 5.41) is -0.742. The molecule has 0 bridgehead atoms. The number of rotatable bonds is 2. The highest BCUT2D eigenvalue weighted by atomic mass is 35.7. The van der Waals surface area contributed by atoms with Crippen LogP contribution in [0, 0.1) is 0 Å². The summed E-state index contributed by atoms with van der Waals surface area (Å²) in [4.78, 5) is 3.38. The van der Waals surface area contributed by atoms with E-state index in [4.69, 9.17) is 15.1 Å². The van der Waals surface area contributed by atoms with Crippen molar-refractivity contribution >= 4 is 42.6 Å². The van der Waals surface area contributed by atoms with Gasteiger partial charge in [-0.25, -0.2) is 8.42 Å². The van der Waals surface area contributed by atoms with E-state index >= 15 is 0 Å². The largest absolute Gasteiger partial charge is 0.446 e. The van der Waals surface area contributed by atoms with Crippen LogP contribution in [-0.4, -0.2) is 18.9 Å². The molecule has 10 heteroatoms. The van der Waals surface area contributed by atoms with Crippen molar-refractivity contribution in [3.8, 4) is 0 Å². The van der Waals surface area contributed by atoms with Gasteiger partial charge in [-0.05, 0) is 30.0 Å². The molecule has 0 atom stereocenters. The van der Waals surface area contributed by atoms with Crippen LogP contribution in [0.2, 0.25) is 0 Å². The predicted molar refractivity (Wildman–Crippen MR) is 59.0 cm³/mol. The topological polar surface area (TPSA) is 60.2 Å². The van der Waals surface area contributed by atoms with Crippen LogP contribution in [0.25, 0.3) is 11.1 Å². The second-order valence-corrected chi connectivity index (χ2v) is 6.68. The lowest BCUT2D eigenvalue weighted by Gasteiger charge is -2.04. The lowest BCUT2D eigenvalue weighted by Crippen LogP contribution is -1.98. The molecular weight excluding hydrogens is 315 g/mol. The summed E-state index contributed by atoms with van der Waals surface area (Å²) in [5.74, 6) is 0. The molecule has 0 spiro atoms. The molecule has 1 heterocycles. The van der Waals surface area contributed by atoms with Crippen molar-refractivity contribution in [3.05, 3.63) is 18.2 Å². The Bertz CT molecular complexity index is 695. The maximum absolute atomic E-state index is 12.1. The maximum Gasteiger partial charge on any atom is 0.446 e. The fourth-order valence-electron chi connectivity index (χ4n) is 1.19. The SMILES string of the molecule is O=S(=O)(Cl)c1nc2cc(SC(F)(F)F)ccc2o1. The molecule has 0 amide bonds. The number of hydrogen-bond donors (Lipinski definition) is 0. The smallest absolute Gasteiger partial charge is 0.427 e. The van der Waals surface area contributed by atoms with Crippen LogP contribution in [0.1, 0.15) is 0 Å². The van der Waals surface area contributed by atoms with Crippen LogP contribution in [-0.2, 0) is 9.05 Å². The van der Waals surface area contributed by atoms with E-state index in [-0.39, 0.29) is 27.8 Å². The van der Waals surface area contributed by atoms with Gasteiger partial charge >= 0.3 is 19.8 Å². The molecule has 4 nitrogen and oxygen atoms in total. The highest BCUT2D eigenvalue weighted by Crippen LogP contribution is 2.38. The van der Waals surface area contributed by atoms with Gasteiger partial charge in [0.15, 0.2) is 5.58 Å². The first-order valence-electron chi connectivity index (χ1n) is 4.26. The van der Waals surface area contributed by atoms with E-state index in [1.54, 1.807) is 0 Å². The zero-order chi connectivity index (χ0) is 13.6. The summed E-state index contributed by atoms with van der Waals surface area (Å²) >= 11 is -0.332. The first-order chi connectivity index (χ1) is 8.15. The maximum atomic E-state index is 12.1. The fourth-order valence-corrected chi connectivity index (χ4v) is 2.36. The van der Waals surface area contributed by atoms with Crippen LogP contribution in [0.5, 0.6) is 0 Å². The molecule has 0 radical (unpaired) electrons. The van der Waals surface area contributed by atoms with Crippen LogP contribution >= 0.6 is 22.4 Å². The fraction of sp³-hybridized carbons (Fsp3) is 0.125. The molecule has 18 heavy (non-hydrogen) atoms. The van der Waals surface area contributed by atoms with Gasteiger partial charge in [0.2, 0.25) is 0 Å². The molecule has 2 rings (SSSR count). The molecule has 2 aromatic rings. The minimum atomic E-state index is -4.43. The average Bonchev–Trinajstić information content (AvgIpc) is 2.57. The van der Waals surface area contributed by atoms with Crippen LogP contribution in [0.15, 0.2) is 32.7 Å². The van der Waals surface area contributed by atoms with Gasteiger partial charge < -0.3 is 4.42 Å². The molecule has 0 aliphatic rings. The molecule has 1 aromatic heterocycles. The number of alkyl halides is 3. The van der Waals surface area contributed by atoms with Crippen molar-refractivity contribution in [3.63, 3.8) is 0 Å². The quantitative estimate of drug-likeness (QED) is 0.628. The Hall–Kier alpha value is -0.930. The molecule has 0 aliphatic heterocycles. The third-order valence-electron chi connectivity index (χ3n) is 1.78. The Morgan fingerprint density at radius 1 is 1.33 bits per heavy atom. The number of halogens is 4. The minimum Gasteiger partial charge on any atom is -0.427 e. The summed E-state index contributed by atoms with van der Waals surface area (Å²) in [6.07, 6.45) is 0. The third kappa shape index (κ3) is 3.09. The van der Waals surface area contributed by atoms with E-state index in [1.165, 1.54) is 6.07 Å². The number of aromatic nitrogens is 1. The van der Waals surface area contributed by atoms with E-state index < -0.39 is 19.8 Å². The molecule has 0 unspecified atom stereocenters. The molecule has 0 fully saturated rings. The summed E-state index contributed by atoms with van der Waals surface area (Å²) in [6.45, 7) is 0. The zero-order valence-corrected chi connectivity index (χ0v) is 10.6. The Morgan fingerprint density at radius 2 is 2.00 bits per heavy atom. The zero-order valence-electron chi connectivity index (χ0n) is 8.23. The average molecular weight is 318 g/mol. The van der Waals surface area contributed by atoms with Gasteiger partial charge in [-0.3, -0.25) is 0 Å². The number of fused-ring (bicyclic) bond motifs is 1. The second kappa shape index (κ2) is 4.32. The van der Waals surface area contributed by atoms with Crippen molar-refractivity contribution in [2.75, 3.05) is 0 Å². The molecule has 0 saturated heterocycles. The van der Waals surface area contributed by atoms with E-state index in [9.17, 15) is 21.6 Å². The summed E-state index contributed by atoms with van der Waals surface area (Å²) in [7, 11) is 0.860. The van der Waals surface area contributed by atoms with E-state index in [0.29, 0.717) is 0 Å². The highest BCUT2D eigenvalue weighted by molar-refractivity contribution is 8.13. The number of hydrogen-bond acceptors (Lipinski definition) is 5. The monoisotopic (exact) mass is 317 g/mol. The van der Waals surface area contributed by atoms with Gasteiger partial charge in [-0.15, -0.1) is 0 Å². The van der Waals surface area contributed by atoms with Crippen molar-refractivity contribution in [2.24, 2.45) is 0 Å². The normalized spacial score (nSPS) is 13.1. The summed E-state index contributed by atoms with van der Waals surface area (Å²) < 4.78 is 63.1. The Labute approximate surface area is 108 Å². The van der Waals surface area contributed by atoms with E-state index in [1.807, 2.05) is 0 Å². The summed E-state index contributed by atoms with van der Waals surface area (Å²) in [5.41, 5.74) is -4.40. The first kappa shape index (κ1) is 13.5. The minimum absolute atomic E-state index is 0.0107. The Kier molecular flexibility index (Phi) is 3.24. The Balaban J connectivity index is 2.46. The van der Waals surface area contributed by atoms with Crippen LogP contribution in [0.4, 0.5) is 13.2 Å². The molecule has 0 aliphatic carbocycles. The number of oxazole rings is 1. The van der Waals surface area contributed by atoms with Gasteiger partial charge in [-0.1, -0.05) is 0 Å². The van der Waals surface area contributed by atoms with Gasteiger partial charge in [0.25, 0.3) is 0 Å². The van der Waals surface area contributed by atoms with Crippen LogP contribution < -0.4 is 0 Å². The predicted octanol–water partition coefficient (Wildman–Crippen LogP) is 3.37. The van der Waals surface area contributed by atoms with Crippen molar-refractivity contribution in [1.29, 1.82) is 0 Å². The second-order valence-electron chi connectivity index (χ2n) is 3.09. The van der Waals surface area contributed by atoms with E-state index in [0.717, 1.165) is 12.1 Å². The third-order valence-corrected chi connectivity index (χ3v) is 3.49. The lowest BCUT2D eigenvalue weighted by atomic mass is 10.3. The molecular formula is C8H3ClF3NO3S2. The number of nitrogens with zero attached hydrogens (tertiary/aromatic N) is 1. The van der Waals surface area contributed by atoms with Crippen molar-refractivity contribution in [1.82, 2.24) is 4.98 Å². The number of thioether (sulfide) groups is 1. The number of benzene rings is 1. The first-order valence-corrected chi connectivity index (χ1v) is 7.39. The molecule has 98 valence electrons.